The van der Waals surface area contributed by atoms with Crippen molar-refractivity contribution in [3.8, 4) is 10.8 Å². The van der Waals surface area contributed by atoms with Gasteiger partial charge in [0.25, 0.3) is 0 Å². The van der Waals surface area contributed by atoms with Crippen molar-refractivity contribution in [2.45, 2.75) is 46.4 Å². The molecule has 0 bridgehead atoms. The number of furan rings is 1. The van der Waals surface area contributed by atoms with Gasteiger partial charge in [-0.15, -0.1) is 11.3 Å². The highest BCUT2D eigenvalue weighted by Gasteiger charge is 2.15. The van der Waals surface area contributed by atoms with Gasteiger partial charge in [0.1, 0.15) is 5.76 Å². The van der Waals surface area contributed by atoms with Crippen LogP contribution in [0.1, 0.15) is 31.4 Å². The number of aromatic nitrogens is 1. The Morgan fingerprint density at radius 1 is 1.35 bits per heavy atom. The third-order valence-corrected chi connectivity index (χ3v) is 4.09. The van der Waals surface area contributed by atoms with E-state index in [0.29, 0.717) is 12.6 Å². The predicted molar refractivity (Wildman–Crippen MR) is 81.8 cm³/mol. The van der Waals surface area contributed by atoms with Crippen LogP contribution in [0.25, 0.3) is 10.8 Å². The largest absolute Gasteiger partial charge is 0.459 e. The van der Waals surface area contributed by atoms with Gasteiger partial charge in [0.2, 0.25) is 0 Å². The van der Waals surface area contributed by atoms with E-state index in [1.807, 2.05) is 32.2 Å². The third-order valence-electron chi connectivity index (χ3n) is 3.09. The molecule has 0 amide bonds. The summed E-state index contributed by atoms with van der Waals surface area (Å²) in [6.07, 6.45) is 1.58. The van der Waals surface area contributed by atoms with E-state index in [4.69, 9.17) is 4.42 Å². The van der Waals surface area contributed by atoms with Gasteiger partial charge in [0, 0.05) is 30.2 Å². The number of aliphatic hydroxyl groups excluding tert-OH is 1. The number of thiazole rings is 1. The summed E-state index contributed by atoms with van der Waals surface area (Å²) in [6.45, 7) is 9.51. The first kappa shape index (κ1) is 15.2. The third kappa shape index (κ3) is 3.91. The Morgan fingerprint density at radius 3 is 2.65 bits per heavy atom. The highest BCUT2D eigenvalue weighted by Crippen LogP contribution is 2.27. The molecule has 1 unspecified atom stereocenters. The van der Waals surface area contributed by atoms with Crippen molar-refractivity contribution in [1.82, 2.24) is 9.88 Å². The molecule has 2 aromatic heterocycles. The van der Waals surface area contributed by atoms with Crippen LogP contribution in [0.2, 0.25) is 0 Å². The van der Waals surface area contributed by atoms with Crippen molar-refractivity contribution in [3.63, 3.8) is 0 Å². The zero-order valence-corrected chi connectivity index (χ0v) is 13.3. The van der Waals surface area contributed by atoms with Gasteiger partial charge in [0.15, 0.2) is 10.8 Å². The summed E-state index contributed by atoms with van der Waals surface area (Å²) < 4.78 is 5.59. The van der Waals surface area contributed by atoms with Crippen LogP contribution in [0.4, 0.5) is 0 Å². The molecule has 0 saturated heterocycles. The second-order valence-electron chi connectivity index (χ2n) is 5.41. The van der Waals surface area contributed by atoms with Gasteiger partial charge in [-0.05, 0) is 39.8 Å². The van der Waals surface area contributed by atoms with Crippen LogP contribution < -0.4 is 0 Å². The van der Waals surface area contributed by atoms with Crippen molar-refractivity contribution in [3.05, 3.63) is 29.0 Å². The smallest absolute Gasteiger partial charge is 0.162 e. The van der Waals surface area contributed by atoms with E-state index in [1.54, 1.807) is 11.3 Å². The average Bonchev–Trinajstić information content (AvgIpc) is 2.96. The fourth-order valence-corrected chi connectivity index (χ4v) is 2.94. The Hall–Kier alpha value is -1.17. The van der Waals surface area contributed by atoms with Crippen molar-refractivity contribution < 1.29 is 9.52 Å². The molecule has 0 saturated carbocycles. The van der Waals surface area contributed by atoms with E-state index in [0.717, 1.165) is 23.1 Å². The quantitative estimate of drug-likeness (QED) is 0.888. The van der Waals surface area contributed by atoms with Crippen LogP contribution in [-0.4, -0.2) is 33.7 Å². The van der Waals surface area contributed by atoms with E-state index in [9.17, 15) is 5.11 Å². The molecule has 2 rings (SSSR count). The van der Waals surface area contributed by atoms with Crippen LogP contribution >= 0.6 is 11.3 Å². The number of nitrogens with zero attached hydrogens (tertiary/aromatic N) is 2. The zero-order valence-electron chi connectivity index (χ0n) is 12.5. The zero-order chi connectivity index (χ0) is 14.7. The topological polar surface area (TPSA) is 49.5 Å². The lowest BCUT2D eigenvalue weighted by Gasteiger charge is -2.26. The molecule has 1 N–H and O–H groups in total. The summed E-state index contributed by atoms with van der Waals surface area (Å²) in [7, 11) is 0. The molecular weight excluding hydrogens is 272 g/mol. The number of rotatable bonds is 6. The van der Waals surface area contributed by atoms with E-state index < -0.39 is 0 Å². The molecule has 110 valence electrons. The van der Waals surface area contributed by atoms with Crippen LogP contribution in [0.3, 0.4) is 0 Å². The Kier molecular flexibility index (Phi) is 4.96. The molecule has 0 fully saturated rings. The predicted octanol–water partition coefficient (Wildman–Crippen LogP) is 3.30. The molecule has 5 heteroatoms. The molecule has 20 heavy (non-hydrogen) atoms. The summed E-state index contributed by atoms with van der Waals surface area (Å²) in [4.78, 5) is 7.86. The lowest BCUT2D eigenvalue weighted by molar-refractivity contribution is 0.103. The van der Waals surface area contributed by atoms with Gasteiger partial charge in [-0.3, -0.25) is 4.90 Å². The fraction of sp³-hybridized carbons (Fsp3) is 0.533. The van der Waals surface area contributed by atoms with Gasteiger partial charge < -0.3 is 9.52 Å². The second kappa shape index (κ2) is 6.52. The molecule has 2 heterocycles. The van der Waals surface area contributed by atoms with Crippen LogP contribution in [-0.2, 0) is 6.54 Å². The molecule has 0 aliphatic heterocycles. The molecule has 0 aromatic carbocycles. The van der Waals surface area contributed by atoms with E-state index >= 15 is 0 Å². The molecule has 4 nitrogen and oxygen atoms in total. The number of aliphatic hydroxyl groups is 1. The number of hydrogen-bond donors (Lipinski definition) is 1. The standard InChI is InChI=1S/C15H22N2O2S/c1-10(2)17(8-11(3)18)9-13-7-16-15(20-13)14-6-5-12(4)19-14/h5-7,10-11,18H,8-9H2,1-4H3. The minimum absolute atomic E-state index is 0.322. The average molecular weight is 294 g/mol. The molecule has 2 aromatic rings. The maximum atomic E-state index is 9.57. The van der Waals surface area contributed by atoms with Crippen molar-refractivity contribution >= 4 is 11.3 Å². The van der Waals surface area contributed by atoms with Gasteiger partial charge in [-0.25, -0.2) is 4.98 Å². The minimum atomic E-state index is -0.322. The van der Waals surface area contributed by atoms with Crippen molar-refractivity contribution in [1.29, 1.82) is 0 Å². The molecule has 0 radical (unpaired) electrons. The Bertz CT molecular complexity index is 546. The van der Waals surface area contributed by atoms with Crippen LogP contribution in [0.15, 0.2) is 22.7 Å². The highest BCUT2D eigenvalue weighted by atomic mass is 32.1. The number of hydrogen-bond acceptors (Lipinski definition) is 5. The summed E-state index contributed by atoms with van der Waals surface area (Å²) in [6, 6.07) is 4.29. The summed E-state index contributed by atoms with van der Waals surface area (Å²) in [5.74, 6) is 1.72. The van der Waals surface area contributed by atoms with Crippen molar-refractivity contribution in [2.24, 2.45) is 0 Å². The molecule has 1 atom stereocenters. The van der Waals surface area contributed by atoms with Crippen molar-refractivity contribution in [2.75, 3.05) is 6.54 Å². The molecule has 0 spiro atoms. The summed E-state index contributed by atoms with van der Waals surface area (Å²) in [5, 5.41) is 10.5. The van der Waals surface area contributed by atoms with Gasteiger partial charge >= 0.3 is 0 Å². The lowest BCUT2D eigenvalue weighted by Crippen LogP contribution is -2.35. The number of aryl methyl sites for hydroxylation is 1. The maximum Gasteiger partial charge on any atom is 0.162 e. The van der Waals surface area contributed by atoms with Crippen LogP contribution in [0, 0.1) is 6.92 Å². The molecule has 0 aliphatic carbocycles. The Labute approximate surface area is 124 Å². The van der Waals surface area contributed by atoms with E-state index in [2.05, 4.69) is 23.7 Å². The minimum Gasteiger partial charge on any atom is -0.459 e. The highest BCUT2D eigenvalue weighted by molar-refractivity contribution is 7.14. The normalized spacial score (nSPS) is 13.3. The molecular formula is C15H22N2O2S. The Morgan fingerprint density at radius 2 is 2.10 bits per heavy atom. The first-order chi connectivity index (χ1) is 9.45. The van der Waals surface area contributed by atoms with Crippen LogP contribution in [0.5, 0.6) is 0 Å². The first-order valence-electron chi connectivity index (χ1n) is 6.89. The lowest BCUT2D eigenvalue weighted by atomic mass is 10.2. The second-order valence-corrected chi connectivity index (χ2v) is 6.53. The summed E-state index contributed by atoms with van der Waals surface area (Å²) >= 11 is 1.64. The monoisotopic (exact) mass is 294 g/mol. The van der Waals surface area contributed by atoms with E-state index in [-0.39, 0.29) is 6.10 Å². The van der Waals surface area contributed by atoms with Gasteiger partial charge in [0.05, 0.1) is 6.10 Å². The molecule has 0 aliphatic rings. The summed E-state index contributed by atoms with van der Waals surface area (Å²) in [5.41, 5.74) is 0. The SMILES string of the molecule is Cc1ccc(-c2ncc(CN(CC(C)O)C(C)C)s2)o1. The fourth-order valence-electron chi connectivity index (χ4n) is 2.04. The maximum absolute atomic E-state index is 9.57. The van der Waals surface area contributed by atoms with Gasteiger partial charge in [-0.1, -0.05) is 0 Å². The first-order valence-corrected chi connectivity index (χ1v) is 7.71. The van der Waals surface area contributed by atoms with Gasteiger partial charge in [-0.2, -0.15) is 0 Å². The van der Waals surface area contributed by atoms with E-state index in [1.165, 1.54) is 4.88 Å². The Balaban J connectivity index is 2.08.